The van der Waals surface area contributed by atoms with Gasteiger partial charge in [0.25, 0.3) is 0 Å². The van der Waals surface area contributed by atoms with Gasteiger partial charge in [0.2, 0.25) is 0 Å². The van der Waals surface area contributed by atoms with Crippen LogP contribution in [0.1, 0.15) is 11.1 Å². The lowest BCUT2D eigenvalue weighted by atomic mass is 9.73. The van der Waals surface area contributed by atoms with Crippen molar-refractivity contribution in [3.63, 3.8) is 0 Å². The maximum absolute atomic E-state index is 5.57. The molecule has 0 aromatic heterocycles. The molecule has 0 spiro atoms. The summed E-state index contributed by atoms with van der Waals surface area (Å²) in [6, 6.07) is 8.55. The first-order valence-corrected chi connectivity index (χ1v) is 6.10. The molecule has 2 aliphatic carbocycles. The summed E-state index contributed by atoms with van der Waals surface area (Å²) in [5.74, 6) is 0.922. The van der Waals surface area contributed by atoms with E-state index in [1.807, 2.05) is 0 Å². The Morgan fingerprint density at radius 1 is 1.12 bits per heavy atom. The van der Waals surface area contributed by atoms with Crippen LogP contribution in [0.4, 0.5) is 0 Å². The average molecular weight is 223 g/mol. The number of nitrogens with zero attached hydrogens (tertiary/aromatic N) is 1. The first kappa shape index (κ1) is 9.23. The van der Waals surface area contributed by atoms with Gasteiger partial charge in [0, 0.05) is 5.56 Å². The molecule has 0 radical (unpaired) electrons. The topological polar surface area (TPSA) is 21.6 Å². The lowest BCUT2D eigenvalue weighted by Gasteiger charge is -2.29. The van der Waals surface area contributed by atoms with Crippen LogP contribution in [0, 0.1) is 11.8 Å². The van der Waals surface area contributed by atoms with E-state index >= 15 is 0 Å². The van der Waals surface area contributed by atoms with E-state index in [0.717, 1.165) is 12.1 Å². The van der Waals surface area contributed by atoms with Crippen molar-refractivity contribution in [2.45, 2.75) is 12.5 Å². The van der Waals surface area contributed by atoms with Gasteiger partial charge in [0.15, 0.2) is 6.10 Å². The van der Waals surface area contributed by atoms with E-state index in [1.54, 1.807) is 0 Å². The van der Waals surface area contributed by atoms with Crippen LogP contribution in [0.5, 0.6) is 0 Å². The largest absolute Gasteiger partial charge is 0.387 e. The Bertz CT molecular complexity index is 556. The van der Waals surface area contributed by atoms with Crippen LogP contribution >= 0.6 is 0 Å². The molecule has 0 saturated heterocycles. The second-order valence-corrected chi connectivity index (χ2v) is 4.87. The molecule has 3 aliphatic rings. The molecule has 84 valence electrons. The zero-order valence-corrected chi connectivity index (χ0v) is 9.41. The van der Waals surface area contributed by atoms with Gasteiger partial charge in [0.1, 0.15) is 0 Å². The zero-order valence-electron chi connectivity index (χ0n) is 9.41. The Morgan fingerprint density at radius 3 is 3.00 bits per heavy atom. The molecule has 1 aliphatic heterocycles. The fourth-order valence-electron chi connectivity index (χ4n) is 3.13. The number of rotatable bonds is 0. The van der Waals surface area contributed by atoms with Crippen LogP contribution in [0.25, 0.3) is 0 Å². The summed E-state index contributed by atoms with van der Waals surface area (Å²) in [5.41, 5.74) is 3.81. The van der Waals surface area contributed by atoms with Crippen molar-refractivity contribution in [2.24, 2.45) is 17.0 Å². The monoisotopic (exact) mass is 223 g/mol. The van der Waals surface area contributed by atoms with E-state index < -0.39 is 0 Å². The van der Waals surface area contributed by atoms with Gasteiger partial charge in [-0.15, -0.1) is 0 Å². The molecule has 0 N–H and O–H groups in total. The highest BCUT2D eigenvalue weighted by Gasteiger charge is 2.42. The highest BCUT2D eigenvalue weighted by Crippen LogP contribution is 2.39. The minimum absolute atomic E-state index is 0.123. The van der Waals surface area contributed by atoms with Gasteiger partial charge in [-0.05, 0) is 24.0 Å². The lowest BCUT2D eigenvalue weighted by Crippen LogP contribution is -2.34. The van der Waals surface area contributed by atoms with Crippen molar-refractivity contribution < 1.29 is 4.84 Å². The van der Waals surface area contributed by atoms with E-state index in [2.05, 4.69) is 53.7 Å². The Balaban J connectivity index is 1.90. The summed E-state index contributed by atoms with van der Waals surface area (Å²) in [5, 5.41) is 4.31. The first-order chi connectivity index (χ1) is 8.43. The van der Waals surface area contributed by atoms with Crippen LogP contribution in [-0.2, 0) is 11.3 Å². The smallest absolute Gasteiger partial charge is 0.155 e. The fourth-order valence-corrected chi connectivity index (χ4v) is 3.13. The summed E-state index contributed by atoms with van der Waals surface area (Å²) in [7, 11) is 0. The second kappa shape index (κ2) is 3.33. The third kappa shape index (κ3) is 1.24. The Labute approximate surface area is 100 Å². The average Bonchev–Trinajstić information content (AvgIpc) is 2.68. The quantitative estimate of drug-likeness (QED) is 0.662. The van der Waals surface area contributed by atoms with Crippen LogP contribution in [0.2, 0.25) is 0 Å². The summed E-state index contributed by atoms with van der Waals surface area (Å²) in [6.45, 7) is 0. The molecule has 4 rings (SSSR count). The number of hydrogen-bond donors (Lipinski definition) is 0. The SMILES string of the molecule is C1=CC2Cc3ccccc3C3=NO[C@H](C=C1)[C@@H]32. The van der Waals surface area contributed by atoms with E-state index in [0.29, 0.717) is 11.8 Å². The zero-order chi connectivity index (χ0) is 11.2. The van der Waals surface area contributed by atoms with Gasteiger partial charge in [-0.25, -0.2) is 0 Å². The minimum atomic E-state index is 0.123. The maximum Gasteiger partial charge on any atom is 0.155 e. The highest BCUT2D eigenvalue weighted by atomic mass is 16.6. The summed E-state index contributed by atoms with van der Waals surface area (Å²) >= 11 is 0. The van der Waals surface area contributed by atoms with E-state index in [-0.39, 0.29) is 6.10 Å². The van der Waals surface area contributed by atoms with Crippen molar-refractivity contribution in [3.8, 4) is 0 Å². The molecule has 0 fully saturated rings. The van der Waals surface area contributed by atoms with Gasteiger partial charge in [0.05, 0.1) is 11.6 Å². The molecule has 1 unspecified atom stereocenters. The molecule has 0 bridgehead atoms. The van der Waals surface area contributed by atoms with Crippen LogP contribution in [0.3, 0.4) is 0 Å². The molecule has 1 heterocycles. The molecule has 0 saturated carbocycles. The molecule has 2 heteroatoms. The Morgan fingerprint density at radius 2 is 2.00 bits per heavy atom. The van der Waals surface area contributed by atoms with Crippen molar-refractivity contribution in [1.82, 2.24) is 0 Å². The standard InChI is InChI=1S/C15H13NO/c1-3-7-12-10(5-1)9-11-6-2-4-8-13-14(11)15(12)16-17-13/h1-8,11,13-14H,9H2/t11?,13-,14+/m1/s1. The molecular formula is C15H13NO. The van der Waals surface area contributed by atoms with Gasteiger partial charge in [-0.1, -0.05) is 47.6 Å². The third-order valence-electron chi connectivity index (χ3n) is 3.92. The minimum Gasteiger partial charge on any atom is -0.387 e. The highest BCUT2D eigenvalue weighted by molar-refractivity contribution is 6.05. The summed E-state index contributed by atoms with van der Waals surface area (Å²) < 4.78 is 0. The molecule has 3 atom stereocenters. The predicted molar refractivity (Wildman–Crippen MR) is 66.8 cm³/mol. The number of benzene rings is 1. The number of oxime groups is 1. The maximum atomic E-state index is 5.57. The Hall–Kier alpha value is -1.83. The number of fused-ring (bicyclic) bond motifs is 2. The molecule has 0 amide bonds. The van der Waals surface area contributed by atoms with Crippen molar-refractivity contribution >= 4 is 5.71 Å². The first-order valence-electron chi connectivity index (χ1n) is 6.10. The van der Waals surface area contributed by atoms with E-state index in [1.165, 1.54) is 11.1 Å². The third-order valence-corrected chi connectivity index (χ3v) is 3.92. The summed E-state index contributed by atoms with van der Waals surface area (Å²) in [4.78, 5) is 5.57. The predicted octanol–water partition coefficient (Wildman–Crippen LogP) is 2.70. The van der Waals surface area contributed by atoms with E-state index in [9.17, 15) is 0 Å². The van der Waals surface area contributed by atoms with Crippen molar-refractivity contribution in [1.29, 1.82) is 0 Å². The lowest BCUT2D eigenvalue weighted by molar-refractivity contribution is 0.0879. The number of hydrogen-bond acceptors (Lipinski definition) is 2. The van der Waals surface area contributed by atoms with Crippen molar-refractivity contribution in [3.05, 3.63) is 59.7 Å². The van der Waals surface area contributed by atoms with Gasteiger partial charge >= 0.3 is 0 Å². The Kier molecular flexibility index (Phi) is 1.81. The van der Waals surface area contributed by atoms with Gasteiger partial charge < -0.3 is 4.84 Å². The molecule has 1 aromatic rings. The normalized spacial score (nSPS) is 32.2. The van der Waals surface area contributed by atoms with Crippen LogP contribution < -0.4 is 0 Å². The van der Waals surface area contributed by atoms with Crippen LogP contribution in [0.15, 0.2) is 53.7 Å². The van der Waals surface area contributed by atoms with Gasteiger partial charge in [-0.2, -0.15) is 0 Å². The molecule has 1 aromatic carbocycles. The summed E-state index contributed by atoms with van der Waals surface area (Å²) in [6.07, 6.45) is 9.84. The van der Waals surface area contributed by atoms with Crippen LogP contribution in [-0.4, -0.2) is 11.8 Å². The fraction of sp³-hybridized carbons (Fsp3) is 0.267. The second-order valence-electron chi connectivity index (χ2n) is 4.87. The van der Waals surface area contributed by atoms with E-state index in [4.69, 9.17) is 4.84 Å². The molecular weight excluding hydrogens is 210 g/mol. The number of allylic oxidation sites excluding steroid dienone is 3. The molecule has 17 heavy (non-hydrogen) atoms. The van der Waals surface area contributed by atoms with Gasteiger partial charge in [-0.3, -0.25) is 0 Å². The molecule has 2 nitrogen and oxygen atoms in total. The van der Waals surface area contributed by atoms with Crippen molar-refractivity contribution in [2.75, 3.05) is 0 Å².